The average Bonchev–Trinajstić information content (AvgIpc) is 2.42. The molecule has 1 rings (SSSR count). The molecular formula is C16H26N2OS. The molecule has 1 aromatic rings. The molecular weight excluding hydrogens is 268 g/mol. The molecule has 0 aliphatic rings. The molecule has 3 nitrogen and oxygen atoms in total. The van der Waals surface area contributed by atoms with Gasteiger partial charge in [0, 0.05) is 29.6 Å². The highest BCUT2D eigenvalue weighted by molar-refractivity contribution is 7.99. The van der Waals surface area contributed by atoms with Crippen molar-refractivity contribution in [3.05, 3.63) is 29.3 Å². The van der Waals surface area contributed by atoms with Crippen molar-refractivity contribution in [2.45, 2.75) is 40.2 Å². The maximum atomic E-state index is 12.2. The molecule has 1 atom stereocenters. The monoisotopic (exact) mass is 294 g/mol. The van der Waals surface area contributed by atoms with Gasteiger partial charge in [-0.15, -0.1) is 0 Å². The SMILES string of the molecule is CCCNc1ccc(C(=O)NC(C)CSCC)c(C)c1. The lowest BCUT2D eigenvalue weighted by atomic mass is 10.1. The molecule has 0 radical (unpaired) electrons. The van der Waals surface area contributed by atoms with Gasteiger partial charge in [0.2, 0.25) is 0 Å². The van der Waals surface area contributed by atoms with Gasteiger partial charge in [-0.25, -0.2) is 0 Å². The molecule has 0 aliphatic carbocycles. The molecule has 0 aliphatic heterocycles. The van der Waals surface area contributed by atoms with Gasteiger partial charge in [0.1, 0.15) is 0 Å². The molecule has 0 bridgehead atoms. The Labute approximate surface area is 126 Å². The van der Waals surface area contributed by atoms with Gasteiger partial charge < -0.3 is 10.6 Å². The van der Waals surface area contributed by atoms with E-state index >= 15 is 0 Å². The topological polar surface area (TPSA) is 41.1 Å². The summed E-state index contributed by atoms with van der Waals surface area (Å²) in [5, 5.41) is 6.39. The van der Waals surface area contributed by atoms with Crippen LogP contribution < -0.4 is 10.6 Å². The van der Waals surface area contributed by atoms with Gasteiger partial charge in [-0.2, -0.15) is 11.8 Å². The van der Waals surface area contributed by atoms with Crippen LogP contribution in [0.2, 0.25) is 0 Å². The van der Waals surface area contributed by atoms with Crippen molar-refractivity contribution in [3.63, 3.8) is 0 Å². The summed E-state index contributed by atoms with van der Waals surface area (Å²) in [6.07, 6.45) is 1.09. The number of benzene rings is 1. The number of nitrogens with one attached hydrogen (secondary N) is 2. The number of anilines is 1. The first-order valence-corrected chi connectivity index (χ1v) is 8.47. The molecule has 4 heteroatoms. The largest absolute Gasteiger partial charge is 0.385 e. The number of carbonyl (C=O) groups excluding carboxylic acids is 1. The highest BCUT2D eigenvalue weighted by Gasteiger charge is 2.12. The second-order valence-corrected chi connectivity index (χ2v) is 6.31. The van der Waals surface area contributed by atoms with E-state index in [0.29, 0.717) is 0 Å². The first-order valence-electron chi connectivity index (χ1n) is 7.31. The summed E-state index contributed by atoms with van der Waals surface area (Å²) in [5.41, 5.74) is 2.86. The Bertz CT molecular complexity index is 434. The molecule has 0 spiro atoms. The van der Waals surface area contributed by atoms with Crippen molar-refractivity contribution in [1.82, 2.24) is 5.32 Å². The van der Waals surface area contributed by atoms with Crippen LogP contribution in [0.25, 0.3) is 0 Å². The second kappa shape index (κ2) is 8.90. The molecule has 0 heterocycles. The highest BCUT2D eigenvalue weighted by atomic mass is 32.2. The number of hydrogen-bond acceptors (Lipinski definition) is 3. The van der Waals surface area contributed by atoms with Gasteiger partial charge in [-0.3, -0.25) is 4.79 Å². The van der Waals surface area contributed by atoms with Gasteiger partial charge in [-0.1, -0.05) is 13.8 Å². The van der Waals surface area contributed by atoms with Crippen molar-refractivity contribution in [2.75, 3.05) is 23.4 Å². The van der Waals surface area contributed by atoms with Crippen molar-refractivity contribution < 1.29 is 4.79 Å². The van der Waals surface area contributed by atoms with E-state index in [1.165, 1.54) is 0 Å². The maximum absolute atomic E-state index is 12.2. The van der Waals surface area contributed by atoms with E-state index in [1.807, 2.05) is 43.8 Å². The second-order valence-electron chi connectivity index (χ2n) is 4.99. The van der Waals surface area contributed by atoms with Crippen LogP contribution in [0.15, 0.2) is 18.2 Å². The van der Waals surface area contributed by atoms with Crippen molar-refractivity contribution in [3.8, 4) is 0 Å². The fourth-order valence-electron chi connectivity index (χ4n) is 1.94. The number of rotatable bonds is 8. The standard InChI is InChI=1S/C16H26N2OS/c1-5-9-17-14-7-8-15(12(3)10-14)16(19)18-13(4)11-20-6-2/h7-8,10,13,17H,5-6,9,11H2,1-4H3,(H,18,19). The predicted molar refractivity (Wildman–Crippen MR) is 89.9 cm³/mol. The third kappa shape index (κ3) is 5.45. The zero-order valence-corrected chi connectivity index (χ0v) is 13.8. The van der Waals surface area contributed by atoms with Crippen molar-refractivity contribution >= 4 is 23.4 Å². The number of thioether (sulfide) groups is 1. The summed E-state index contributed by atoms with van der Waals surface area (Å²) in [7, 11) is 0. The smallest absolute Gasteiger partial charge is 0.251 e. The number of hydrogen-bond donors (Lipinski definition) is 2. The summed E-state index contributed by atoms with van der Waals surface area (Å²) < 4.78 is 0. The van der Waals surface area contributed by atoms with Crippen molar-refractivity contribution in [2.24, 2.45) is 0 Å². The Morgan fingerprint density at radius 1 is 1.35 bits per heavy atom. The van der Waals surface area contributed by atoms with E-state index in [2.05, 4.69) is 24.5 Å². The number of carbonyl (C=O) groups is 1. The van der Waals surface area contributed by atoms with Gasteiger partial charge in [-0.05, 0) is 49.8 Å². The van der Waals surface area contributed by atoms with Crippen LogP contribution in [-0.4, -0.2) is 30.0 Å². The lowest BCUT2D eigenvalue weighted by Crippen LogP contribution is -2.34. The zero-order chi connectivity index (χ0) is 15.0. The van der Waals surface area contributed by atoms with E-state index in [4.69, 9.17) is 0 Å². The highest BCUT2D eigenvalue weighted by Crippen LogP contribution is 2.15. The van der Waals surface area contributed by atoms with E-state index in [0.717, 1.165) is 41.3 Å². The molecule has 1 aromatic carbocycles. The molecule has 1 amide bonds. The minimum absolute atomic E-state index is 0.0220. The fraction of sp³-hybridized carbons (Fsp3) is 0.562. The van der Waals surface area contributed by atoms with Crippen LogP contribution in [-0.2, 0) is 0 Å². The molecule has 2 N–H and O–H groups in total. The molecule has 0 fully saturated rings. The average molecular weight is 294 g/mol. The third-order valence-electron chi connectivity index (χ3n) is 3.00. The van der Waals surface area contributed by atoms with Gasteiger partial charge >= 0.3 is 0 Å². The fourth-order valence-corrected chi connectivity index (χ4v) is 2.61. The lowest BCUT2D eigenvalue weighted by molar-refractivity contribution is 0.0943. The summed E-state index contributed by atoms with van der Waals surface area (Å²) in [4.78, 5) is 12.2. The molecule has 112 valence electrons. The Kier molecular flexibility index (Phi) is 7.52. The Morgan fingerprint density at radius 2 is 2.10 bits per heavy atom. The normalized spacial score (nSPS) is 12.0. The van der Waals surface area contributed by atoms with Gasteiger partial charge in [0.25, 0.3) is 5.91 Å². The van der Waals surface area contributed by atoms with E-state index < -0.39 is 0 Å². The van der Waals surface area contributed by atoms with Crippen LogP contribution in [0.5, 0.6) is 0 Å². The maximum Gasteiger partial charge on any atom is 0.251 e. The number of amides is 1. The van der Waals surface area contributed by atoms with Gasteiger partial charge in [0.05, 0.1) is 0 Å². The molecule has 0 aromatic heterocycles. The summed E-state index contributed by atoms with van der Waals surface area (Å²) in [5.74, 6) is 2.06. The molecule has 0 saturated heterocycles. The summed E-state index contributed by atoms with van der Waals surface area (Å²) in [6.45, 7) is 9.25. The molecule has 20 heavy (non-hydrogen) atoms. The Balaban J connectivity index is 2.64. The third-order valence-corrected chi connectivity index (χ3v) is 4.14. The number of aryl methyl sites for hydroxylation is 1. The van der Waals surface area contributed by atoms with Crippen LogP contribution in [0.1, 0.15) is 43.1 Å². The van der Waals surface area contributed by atoms with Crippen molar-refractivity contribution in [1.29, 1.82) is 0 Å². The zero-order valence-electron chi connectivity index (χ0n) is 13.0. The van der Waals surface area contributed by atoms with E-state index in [9.17, 15) is 4.79 Å². The van der Waals surface area contributed by atoms with Crippen LogP contribution >= 0.6 is 11.8 Å². The predicted octanol–water partition coefficient (Wildman–Crippen LogP) is 3.69. The van der Waals surface area contributed by atoms with Crippen LogP contribution in [0.4, 0.5) is 5.69 Å². The summed E-state index contributed by atoms with van der Waals surface area (Å²) in [6, 6.07) is 6.12. The Morgan fingerprint density at radius 3 is 2.70 bits per heavy atom. The van der Waals surface area contributed by atoms with E-state index in [-0.39, 0.29) is 11.9 Å². The minimum atomic E-state index is 0.0220. The Hall–Kier alpha value is -1.16. The first kappa shape index (κ1) is 16.9. The lowest BCUT2D eigenvalue weighted by Gasteiger charge is -2.15. The van der Waals surface area contributed by atoms with Crippen LogP contribution in [0.3, 0.4) is 0 Å². The quantitative estimate of drug-likeness (QED) is 0.768. The summed E-state index contributed by atoms with van der Waals surface area (Å²) >= 11 is 1.84. The molecule has 0 saturated carbocycles. The van der Waals surface area contributed by atoms with Crippen LogP contribution in [0, 0.1) is 6.92 Å². The van der Waals surface area contributed by atoms with Gasteiger partial charge in [0.15, 0.2) is 0 Å². The minimum Gasteiger partial charge on any atom is -0.385 e. The first-order chi connectivity index (χ1) is 9.58. The van der Waals surface area contributed by atoms with E-state index in [1.54, 1.807) is 0 Å². The molecule has 1 unspecified atom stereocenters.